The van der Waals surface area contributed by atoms with Crippen LogP contribution in [0.4, 0.5) is 16.2 Å². The lowest BCUT2D eigenvalue weighted by Gasteiger charge is -2.34. The topological polar surface area (TPSA) is 113 Å². The number of para-hydroxylation sites is 2. The molecule has 0 saturated carbocycles. The molecule has 210 valence electrons. The van der Waals surface area contributed by atoms with Crippen molar-refractivity contribution in [2.75, 3.05) is 16.9 Å². The van der Waals surface area contributed by atoms with Crippen molar-refractivity contribution < 1.29 is 33.8 Å². The molecule has 4 aromatic rings. The number of carbonyl (C=O) groups is 4. The van der Waals surface area contributed by atoms with Gasteiger partial charge in [-0.15, -0.1) is 0 Å². The largest absolute Gasteiger partial charge is 0.493 e. The molecule has 0 atom stereocenters. The summed E-state index contributed by atoms with van der Waals surface area (Å²) in [6.07, 6.45) is 1.35. The summed E-state index contributed by atoms with van der Waals surface area (Å²) < 4.78 is 11.4. The van der Waals surface area contributed by atoms with Crippen molar-refractivity contribution in [3.63, 3.8) is 0 Å². The fourth-order valence-electron chi connectivity index (χ4n) is 4.37. The highest BCUT2D eigenvalue weighted by Gasteiger charge is 2.43. The lowest BCUT2D eigenvalue weighted by atomic mass is 10.0. The first-order chi connectivity index (χ1) is 20.3. The Morgan fingerprint density at radius 3 is 1.88 bits per heavy atom. The Morgan fingerprint density at radius 1 is 0.833 bits per heavy atom. The van der Waals surface area contributed by atoms with Gasteiger partial charge in [-0.25, -0.2) is 19.4 Å². The Morgan fingerprint density at radius 2 is 1.38 bits per heavy atom. The van der Waals surface area contributed by atoms with E-state index in [4.69, 9.17) is 26.2 Å². The number of carboxylic acid groups (broad SMARTS) is 1. The van der Waals surface area contributed by atoms with E-state index in [9.17, 15) is 19.2 Å². The number of carboxylic acids is 1. The second-order valence-corrected chi connectivity index (χ2v) is 9.52. The highest BCUT2D eigenvalue weighted by Crippen LogP contribution is 2.38. The maximum Gasteiger partial charge on any atom is 0.343 e. The number of rotatable bonds is 8. The van der Waals surface area contributed by atoms with Crippen LogP contribution in [0.25, 0.3) is 6.08 Å². The molecule has 0 radical (unpaired) electrons. The SMILES string of the molecule is COc1cc(C=C2C(=O)N(c3ccccc3)C(=O)N(c3ccccc3)C2=O)cc(Cl)c1OCc1ccc(C(=O)O)cc1. The summed E-state index contributed by atoms with van der Waals surface area (Å²) in [7, 11) is 1.42. The van der Waals surface area contributed by atoms with E-state index in [1.165, 1.54) is 31.4 Å². The van der Waals surface area contributed by atoms with Crippen LogP contribution in [-0.2, 0) is 16.2 Å². The summed E-state index contributed by atoms with van der Waals surface area (Å²) >= 11 is 6.55. The molecule has 1 aliphatic rings. The zero-order valence-corrected chi connectivity index (χ0v) is 22.9. The molecule has 1 N–H and O–H groups in total. The van der Waals surface area contributed by atoms with E-state index >= 15 is 0 Å². The van der Waals surface area contributed by atoms with Gasteiger partial charge in [-0.1, -0.05) is 60.1 Å². The third-order valence-corrected chi connectivity index (χ3v) is 6.71. The van der Waals surface area contributed by atoms with E-state index in [0.717, 1.165) is 9.80 Å². The van der Waals surface area contributed by atoms with Crippen molar-refractivity contribution in [2.45, 2.75) is 6.61 Å². The molecule has 1 saturated heterocycles. The molecule has 9 nitrogen and oxygen atoms in total. The van der Waals surface area contributed by atoms with E-state index < -0.39 is 23.8 Å². The number of methoxy groups -OCH3 is 1. The molecule has 4 amide bonds. The Kier molecular flexibility index (Phi) is 8.03. The number of urea groups is 1. The molecule has 1 fully saturated rings. The van der Waals surface area contributed by atoms with Crippen LogP contribution in [-0.4, -0.2) is 36.0 Å². The van der Waals surface area contributed by atoms with Crippen LogP contribution in [0.5, 0.6) is 11.5 Å². The number of aromatic carboxylic acids is 1. The zero-order chi connectivity index (χ0) is 29.8. The number of ether oxygens (including phenoxy) is 2. The number of carbonyl (C=O) groups excluding carboxylic acids is 3. The monoisotopic (exact) mass is 582 g/mol. The van der Waals surface area contributed by atoms with Crippen LogP contribution in [0.2, 0.25) is 5.02 Å². The van der Waals surface area contributed by atoms with Crippen molar-refractivity contribution in [3.8, 4) is 11.5 Å². The molecule has 10 heteroatoms. The summed E-state index contributed by atoms with van der Waals surface area (Å²) in [6.45, 7) is 0.0770. The molecule has 0 aromatic heterocycles. The average Bonchev–Trinajstić information content (AvgIpc) is 3.00. The van der Waals surface area contributed by atoms with Crippen molar-refractivity contribution in [1.29, 1.82) is 0 Å². The van der Waals surface area contributed by atoms with Crippen LogP contribution in [0.15, 0.2) is 103 Å². The van der Waals surface area contributed by atoms with Gasteiger partial charge in [0.25, 0.3) is 11.8 Å². The van der Waals surface area contributed by atoms with Gasteiger partial charge in [0.2, 0.25) is 0 Å². The van der Waals surface area contributed by atoms with Gasteiger partial charge in [-0.05, 0) is 65.7 Å². The maximum atomic E-state index is 13.6. The first-order valence-electron chi connectivity index (χ1n) is 12.7. The summed E-state index contributed by atoms with van der Waals surface area (Å²) in [5, 5.41) is 9.24. The van der Waals surface area contributed by atoms with Crippen molar-refractivity contribution in [3.05, 3.63) is 124 Å². The Labute approximate surface area is 245 Å². The van der Waals surface area contributed by atoms with Gasteiger partial charge in [0.05, 0.1) is 29.1 Å². The molecular formula is C32H23ClN2O7. The average molecular weight is 583 g/mol. The second-order valence-electron chi connectivity index (χ2n) is 9.12. The van der Waals surface area contributed by atoms with E-state index in [1.807, 2.05) is 0 Å². The Balaban J connectivity index is 1.50. The highest BCUT2D eigenvalue weighted by molar-refractivity contribution is 6.46. The molecule has 0 unspecified atom stereocenters. The summed E-state index contributed by atoms with van der Waals surface area (Å²) in [4.78, 5) is 53.7. The molecule has 4 aromatic carbocycles. The number of hydrogen-bond acceptors (Lipinski definition) is 6. The van der Waals surface area contributed by atoms with Gasteiger partial charge >= 0.3 is 12.0 Å². The number of nitrogens with zero attached hydrogens (tertiary/aromatic N) is 2. The van der Waals surface area contributed by atoms with Gasteiger partial charge in [0, 0.05) is 0 Å². The minimum absolute atomic E-state index is 0.0770. The predicted octanol–water partition coefficient (Wildman–Crippen LogP) is 6.21. The van der Waals surface area contributed by atoms with E-state index in [2.05, 4.69) is 0 Å². The predicted molar refractivity (Wildman–Crippen MR) is 157 cm³/mol. The molecule has 5 rings (SSSR count). The summed E-state index contributed by atoms with van der Waals surface area (Å²) in [5.74, 6) is -2.15. The van der Waals surface area contributed by atoms with E-state index in [0.29, 0.717) is 22.5 Å². The molecule has 0 aliphatic carbocycles. The first kappa shape index (κ1) is 28.1. The number of hydrogen-bond donors (Lipinski definition) is 1. The normalized spacial score (nSPS) is 13.3. The van der Waals surface area contributed by atoms with Gasteiger partial charge in [0.15, 0.2) is 11.5 Å². The zero-order valence-electron chi connectivity index (χ0n) is 22.2. The van der Waals surface area contributed by atoms with Crippen LogP contribution in [0.1, 0.15) is 21.5 Å². The third-order valence-electron chi connectivity index (χ3n) is 6.43. The van der Waals surface area contributed by atoms with Crippen LogP contribution in [0, 0.1) is 0 Å². The number of benzene rings is 4. The Hall–Kier alpha value is -5.41. The quantitative estimate of drug-likeness (QED) is 0.194. The molecule has 0 spiro atoms. The van der Waals surface area contributed by atoms with Gasteiger partial charge < -0.3 is 14.6 Å². The first-order valence-corrected chi connectivity index (χ1v) is 13.0. The molecule has 1 aliphatic heterocycles. The third kappa shape index (κ3) is 5.59. The minimum Gasteiger partial charge on any atom is -0.493 e. The highest BCUT2D eigenvalue weighted by atomic mass is 35.5. The number of anilines is 2. The summed E-state index contributed by atoms with van der Waals surface area (Å²) in [6, 6.07) is 25.1. The lowest BCUT2D eigenvalue weighted by molar-refractivity contribution is -0.121. The molecule has 1 heterocycles. The smallest absolute Gasteiger partial charge is 0.343 e. The maximum absolute atomic E-state index is 13.6. The molecular weight excluding hydrogens is 560 g/mol. The van der Waals surface area contributed by atoms with Gasteiger partial charge in [0.1, 0.15) is 12.2 Å². The fourth-order valence-corrected chi connectivity index (χ4v) is 4.64. The van der Waals surface area contributed by atoms with E-state index in [1.54, 1.807) is 78.9 Å². The van der Waals surface area contributed by atoms with Crippen LogP contribution in [0.3, 0.4) is 0 Å². The molecule has 0 bridgehead atoms. The van der Waals surface area contributed by atoms with Crippen molar-refractivity contribution >= 4 is 52.9 Å². The van der Waals surface area contributed by atoms with Crippen LogP contribution < -0.4 is 19.3 Å². The van der Waals surface area contributed by atoms with Crippen molar-refractivity contribution in [1.82, 2.24) is 0 Å². The summed E-state index contributed by atoms with van der Waals surface area (Å²) in [5.41, 5.74) is 1.58. The Bertz CT molecular complexity index is 1640. The van der Waals surface area contributed by atoms with Gasteiger partial charge in [-0.3, -0.25) is 9.59 Å². The van der Waals surface area contributed by atoms with Crippen LogP contribution >= 0.6 is 11.6 Å². The number of imide groups is 2. The number of barbiturate groups is 1. The minimum atomic E-state index is -1.03. The fraction of sp³-hybridized carbons (Fsp3) is 0.0625. The number of halogens is 1. The standard InChI is InChI=1S/C32H23ClN2O7/c1-41-27-18-21(17-26(33)28(27)42-19-20-12-14-22(15-13-20)31(38)39)16-25-29(36)34(23-8-4-2-5-9-23)32(40)35(30(25)37)24-10-6-3-7-11-24/h2-18H,19H2,1H3,(H,38,39). The van der Waals surface area contributed by atoms with E-state index in [-0.39, 0.29) is 34.3 Å². The second kappa shape index (κ2) is 12.0. The van der Waals surface area contributed by atoms with Crippen molar-refractivity contribution in [2.24, 2.45) is 0 Å². The van der Waals surface area contributed by atoms with Gasteiger partial charge in [-0.2, -0.15) is 0 Å². The lowest BCUT2D eigenvalue weighted by Crippen LogP contribution is -2.57. The molecule has 42 heavy (non-hydrogen) atoms. The number of amides is 4.